The Morgan fingerprint density at radius 3 is 2.33 bits per heavy atom. The van der Waals surface area contributed by atoms with Crippen LogP contribution in [0.4, 0.5) is 32.4 Å². The van der Waals surface area contributed by atoms with Crippen molar-refractivity contribution >= 4 is 17.7 Å². The van der Waals surface area contributed by atoms with Gasteiger partial charge in [-0.15, -0.1) is 0 Å². The molecule has 0 aliphatic rings. The molecule has 1 rings (SSSR count). The standard InChI is InChI=1S/C10H7F5N2O4/c11-8(12)20-6-4-2-1-3-5(6)16-9(19)17-21-7(18)10(13,14)15/h1-4,8H,(H2,16,17,19). The predicted molar refractivity (Wildman–Crippen MR) is 57.4 cm³/mol. The first kappa shape index (κ1) is 16.5. The molecular weight excluding hydrogens is 307 g/mol. The number of carbonyl (C=O) groups is 2. The van der Waals surface area contributed by atoms with Crippen molar-refractivity contribution in [2.24, 2.45) is 0 Å². The van der Waals surface area contributed by atoms with Crippen LogP contribution in [0, 0.1) is 0 Å². The summed E-state index contributed by atoms with van der Waals surface area (Å²) in [6, 6.07) is 3.50. The lowest BCUT2D eigenvalue weighted by molar-refractivity contribution is -0.204. The van der Waals surface area contributed by atoms with E-state index in [4.69, 9.17) is 0 Å². The van der Waals surface area contributed by atoms with Crippen LogP contribution in [0.1, 0.15) is 0 Å². The van der Waals surface area contributed by atoms with Crippen molar-refractivity contribution in [3.05, 3.63) is 24.3 Å². The third-order valence-electron chi connectivity index (χ3n) is 1.82. The van der Waals surface area contributed by atoms with Gasteiger partial charge in [-0.25, -0.2) is 9.59 Å². The third-order valence-corrected chi connectivity index (χ3v) is 1.82. The second-order valence-electron chi connectivity index (χ2n) is 3.32. The van der Waals surface area contributed by atoms with Gasteiger partial charge in [-0.05, 0) is 12.1 Å². The van der Waals surface area contributed by atoms with Crippen molar-refractivity contribution in [3.63, 3.8) is 0 Å². The lowest BCUT2D eigenvalue weighted by Crippen LogP contribution is -2.36. The second kappa shape index (κ2) is 6.72. The molecule has 0 aliphatic carbocycles. The molecule has 0 saturated carbocycles. The maximum atomic E-state index is 12.1. The Kier molecular flexibility index (Phi) is 5.27. The average molecular weight is 314 g/mol. The molecule has 21 heavy (non-hydrogen) atoms. The van der Waals surface area contributed by atoms with E-state index in [9.17, 15) is 31.5 Å². The molecule has 11 heteroatoms. The van der Waals surface area contributed by atoms with E-state index in [1.54, 1.807) is 0 Å². The van der Waals surface area contributed by atoms with Crippen LogP contribution in [0.5, 0.6) is 5.75 Å². The molecule has 0 bridgehead atoms. The lowest BCUT2D eigenvalue weighted by atomic mass is 10.3. The molecular formula is C10H7F5N2O4. The van der Waals surface area contributed by atoms with Crippen molar-refractivity contribution in [3.8, 4) is 5.75 Å². The summed E-state index contributed by atoms with van der Waals surface area (Å²) in [5, 5.41) is 1.87. The van der Waals surface area contributed by atoms with Crippen LogP contribution in [0.3, 0.4) is 0 Å². The minimum absolute atomic E-state index is 0.265. The number of benzene rings is 1. The maximum Gasteiger partial charge on any atom is 0.493 e. The number of alkyl halides is 5. The number of carbonyl (C=O) groups excluding carboxylic acids is 2. The summed E-state index contributed by atoms with van der Waals surface area (Å²) in [5.41, 5.74) is 0.890. The summed E-state index contributed by atoms with van der Waals surface area (Å²) < 4.78 is 63.6. The highest BCUT2D eigenvalue weighted by Gasteiger charge is 2.42. The fraction of sp³-hybridized carbons (Fsp3) is 0.200. The number of rotatable bonds is 3. The topological polar surface area (TPSA) is 76.7 Å². The Balaban J connectivity index is 2.61. The number of para-hydroxylation sites is 2. The molecule has 2 amide bonds. The highest BCUT2D eigenvalue weighted by Crippen LogP contribution is 2.25. The Bertz CT molecular complexity index is 520. The average Bonchev–Trinajstić information content (AvgIpc) is 2.36. The van der Waals surface area contributed by atoms with Gasteiger partial charge in [-0.2, -0.15) is 27.4 Å². The van der Waals surface area contributed by atoms with E-state index in [0.29, 0.717) is 0 Å². The first-order valence-electron chi connectivity index (χ1n) is 5.09. The third kappa shape index (κ3) is 5.50. The molecule has 0 aromatic heterocycles. The summed E-state index contributed by atoms with van der Waals surface area (Å²) in [6.07, 6.45) is -5.29. The fourth-order valence-electron chi connectivity index (χ4n) is 1.07. The predicted octanol–water partition coefficient (Wildman–Crippen LogP) is 2.43. The van der Waals surface area contributed by atoms with Crippen molar-refractivity contribution in [1.29, 1.82) is 0 Å². The Morgan fingerprint density at radius 2 is 1.76 bits per heavy atom. The van der Waals surface area contributed by atoms with E-state index in [-0.39, 0.29) is 5.69 Å². The Hall–Kier alpha value is -2.59. The molecule has 0 radical (unpaired) electrons. The van der Waals surface area contributed by atoms with Crippen LogP contribution in [0.25, 0.3) is 0 Å². The highest BCUT2D eigenvalue weighted by atomic mass is 19.4. The minimum atomic E-state index is -5.29. The molecule has 1 aromatic rings. The fourth-order valence-corrected chi connectivity index (χ4v) is 1.07. The van der Waals surface area contributed by atoms with Gasteiger partial charge in [0.1, 0.15) is 5.75 Å². The summed E-state index contributed by atoms with van der Waals surface area (Å²) in [6.45, 7) is -3.17. The SMILES string of the molecule is O=C(NOC(=O)C(F)(F)F)Nc1ccccc1OC(F)F. The van der Waals surface area contributed by atoms with Crippen LogP contribution >= 0.6 is 0 Å². The largest absolute Gasteiger partial charge is 0.493 e. The van der Waals surface area contributed by atoms with Gasteiger partial charge in [0.05, 0.1) is 5.69 Å². The number of hydrogen-bond acceptors (Lipinski definition) is 4. The van der Waals surface area contributed by atoms with Gasteiger partial charge in [-0.3, -0.25) is 0 Å². The van der Waals surface area contributed by atoms with Gasteiger partial charge in [0, 0.05) is 0 Å². The molecule has 0 heterocycles. The highest BCUT2D eigenvalue weighted by molar-refractivity contribution is 5.91. The molecule has 0 unspecified atom stereocenters. The first-order chi connectivity index (χ1) is 9.70. The van der Waals surface area contributed by atoms with Crippen LogP contribution in [0.15, 0.2) is 24.3 Å². The van der Waals surface area contributed by atoms with Crippen LogP contribution in [-0.4, -0.2) is 24.8 Å². The number of amides is 2. The maximum absolute atomic E-state index is 12.1. The normalized spacial score (nSPS) is 11.0. The second-order valence-corrected chi connectivity index (χ2v) is 3.32. The van der Waals surface area contributed by atoms with Crippen molar-refractivity contribution in [2.75, 3.05) is 5.32 Å². The number of nitrogens with one attached hydrogen (secondary N) is 2. The lowest BCUT2D eigenvalue weighted by Gasteiger charge is -2.12. The molecule has 2 N–H and O–H groups in total. The zero-order chi connectivity index (χ0) is 16.0. The summed E-state index contributed by atoms with van der Waals surface area (Å²) in [7, 11) is 0. The van der Waals surface area contributed by atoms with E-state index in [1.165, 1.54) is 12.1 Å². The number of anilines is 1. The van der Waals surface area contributed by atoms with Gasteiger partial charge < -0.3 is 14.9 Å². The van der Waals surface area contributed by atoms with Gasteiger partial charge in [0.25, 0.3) is 0 Å². The van der Waals surface area contributed by atoms with Crippen molar-refractivity contribution < 1.29 is 41.1 Å². The Labute approximate surface area is 113 Å². The van der Waals surface area contributed by atoms with Crippen molar-refractivity contribution in [1.82, 2.24) is 5.48 Å². The minimum Gasteiger partial charge on any atom is -0.433 e. The van der Waals surface area contributed by atoms with E-state index in [2.05, 4.69) is 9.57 Å². The van der Waals surface area contributed by atoms with Crippen LogP contribution < -0.4 is 15.5 Å². The van der Waals surface area contributed by atoms with E-state index < -0.39 is 30.5 Å². The molecule has 0 spiro atoms. The number of ether oxygens (including phenoxy) is 1. The number of hydrogen-bond donors (Lipinski definition) is 2. The molecule has 1 aromatic carbocycles. The molecule has 0 aliphatic heterocycles. The van der Waals surface area contributed by atoms with Gasteiger partial charge in [0.15, 0.2) is 0 Å². The quantitative estimate of drug-likeness (QED) is 0.663. The number of halogens is 5. The summed E-state index contributed by atoms with van der Waals surface area (Å²) in [5.74, 6) is -3.07. The molecule has 0 saturated heterocycles. The molecule has 0 fully saturated rings. The monoisotopic (exact) mass is 314 g/mol. The Morgan fingerprint density at radius 1 is 1.14 bits per heavy atom. The number of hydroxylamine groups is 1. The molecule has 6 nitrogen and oxygen atoms in total. The van der Waals surface area contributed by atoms with Gasteiger partial charge in [0.2, 0.25) is 0 Å². The van der Waals surface area contributed by atoms with Crippen molar-refractivity contribution in [2.45, 2.75) is 12.8 Å². The van der Waals surface area contributed by atoms with E-state index in [1.807, 2.05) is 5.32 Å². The van der Waals surface area contributed by atoms with Crippen LogP contribution in [-0.2, 0) is 9.63 Å². The van der Waals surface area contributed by atoms with Gasteiger partial charge >= 0.3 is 24.8 Å². The van der Waals surface area contributed by atoms with E-state index >= 15 is 0 Å². The zero-order valence-corrected chi connectivity index (χ0v) is 9.91. The first-order valence-corrected chi connectivity index (χ1v) is 5.09. The number of urea groups is 1. The summed E-state index contributed by atoms with van der Waals surface area (Å²) in [4.78, 5) is 24.9. The zero-order valence-electron chi connectivity index (χ0n) is 9.91. The van der Waals surface area contributed by atoms with Crippen LogP contribution in [0.2, 0.25) is 0 Å². The molecule has 0 atom stereocenters. The summed E-state index contributed by atoms with van der Waals surface area (Å²) >= 11 is 0. The van der Waals surface area contributed by atoms with E-state index in [0.717, 1.165) is 17.6 Å². The van der Waals surface area contributed by atoms with Gasteiger partial charge in [-0.1, -0.05) is 12.1 Å². The smallest absolute Gasteiger partial charge is 0.433 e. The molecule has 116 valence electrons.